The molecule has 36 heavy (non-hydrogen) atoms. The largest absolute Gasteiger partial charge is 0.496 e. The first kappa shape index (κ1) is 22.9. The van der Waals surface area contributed by atoms with E-state index in [1.807, 2.05) is 78.9 Å². The summed E-state index contributed by atoms with van der Waals surface area (Å²) in [5.41, 5.74) is 2.84. The van der Waals surface area contributed by atoms with Gasteiger partial charge in [0, 0.05) is 23.3 Å². The first-order valence-corrected chi connectivity index (χ1v) is 11.4. The number of hydrogen-bond acceptors (Lipinski definition) is 5. The zero-order chi connectivity index (χ0) is 24.9. The maximum Gasteiger partial charge on any atom is 0.197 e. The first-order chi connectivity index (χ1) is 17.6. The van der Waals surface area contributed by atoms with Gasteiger partial charge in [-0.3, -0.25) is 9.59 Å². The van der Waals surface area contributed by atoms with Crippen molar-refractivity contribution in [3.63, 3.8) is 0 Å². The lowest BCUT2D eigenvalue weighted by Gasteiger charge is -2.06. The molecule has 176 valence electrons. The number of ether oxygens (including phenoxy) is 1. The number of hydrogen-bond donors (Lipinski definition) is 0. The number of rotatable bonds is 3. The molecule has 0 N–H and O–H groups in total. The van der Waals surface area contributed by atoms with E-state index >= 15 is 0 Å². The van der Waals surface area contributed by atoms with Crippen molar-refractivity contribution in [1.29, 1.82) is 0 Å². The van der Waals surface area contributed by atoms with E-state index in [0.717, 1.165) is 11.1 Å². The van der Waals surface area contributed by atoms with Crippen LogP contribution in [0.2, 0.25) is 0 Å². The monoisotopic (exact) mass is 474 g/mol. The average Bonchev–Trinajstić information content (AvgIpc) is 2.94. The van der Waals surface area contributed by atoms with Gasteiger partial charge < -0.3 is 13.6 Å². The van der Waals surface area contributed by atoms with Crippen molar-refractivity contribution in [3.8, 4) is 28.4 Å². The number of para-hydroxylation sites is 1. The van der Waals surface area contributed by atoms with E-state index in [0.29, 0.717) is 39.2 Å². The molecule has 0 bridgehead atoms. The summed E-state index contributed by atoms with van der Waals surface area (Å²) in [5.74, 6) is 1.70. The molecule has 0 unspecified atom stereocenters. The lowest BCUT2D eigenvalue weighted by atomic mass is 10.1. The quantitative estimate of drug-likeness (QED) is 0.278. The number of fused-ring (bicyclic) bond motifs is 2. The second-order valence-electron chi connectivity index (χ2n) is 8.01. The summed E-state index contributed by atoms with van der Waals surface area (Å²) in [6, 6.07) is 34.8. The summed E-state index contributed by atoms with van der Waals surface area (Å²) >= 11 is 0. The highest BCUT2D eigenvalue weighted by atomic mass is 16.5. The molecular weight excluding hydrogens is 452 g/mol. The SMILES string of the molecule is COc1cccc2oc(-c3ccccc3)cc(=O)c12.O=c1cc(-c2ccccc2)oc2ccccc12. The molecule has 0 aliphatic heterocycles. The Balaban J connectivity index is 0.000000149. The van der Waals surface area contributed by atoms with Gasteiger partial charge in [-0.1, -0.05) is 78.9 Å². The third-order valence-corrected chi connectivity index (χ3v) is 5.69. The van der Waals surface area contributed by atoms with Crippen LogP contribution in [0.3, 0.4) is 0 Å². The molecule has 6 aromatic rings. The minimum atomic E-state index is -0.0995. The van der Waals surface area contributed by atoms with Crippen LogP contribution in [-0.4, -0.2) is 7.11 Å². The molecule has 0 amide bonds. The summed E-state index contributed by atoms with van der Waals surface area (Å²) in [6.07, 6.45) is 0. The van der Waals surface area contributed by atoms with E-state index in [9.17, 15) is 9.59 Å². The predicted molar refractivity (Wildman–Crippen MR) is 142 cm³/mol. The maximum atomic E-state index is 12.2. The first-order valence-electron chi connectivity index (χ1n) is 11.4. The van der Waals surface area contributed by atoms with Crippen molar-refractivity contribution in [2.75, 3.05) is 7.11 Å². The Kier molecular flexibility index (Phi) is 6.45. The van der Waals surface area contributed by atoms with Crippen LogP contribution >= 0.6 is 0 Å². The third-order valence-electron chi connectivity index (χ3n) is 5.69. The fourth-order valence-electron chi connectivity index (χ4n) is 3.94. The highest BCUT2D eigenvalue weighted by molar-refractivity contribution is 5.84. The van der Waals surface area contributed by atoms with Crippen molar-refractivity contribution in [2.24, 2.45) is 0 Å². The molecule has 0 aliphatic rings. The summed E-state index contributed by atoms with van der Waals surface area (Å²) < 4.78 is 16.7. The van der Waals surface area contributed by atoms with Gasteiger partial charge in [-0.15, -0.1) is 0 Å². The van der Waals surface area contributed by atoms with Gasteiger partial charge in [-0.25, -0.2) is 0 Å². The number of methoxy groups -OCH3 is 1. The lowest BCUT2D eigenvalue weighted by Crippen LogP contribution is -2.02. The molecule has 4 aromatic carbocycles. The molecule has 0 saturated carbocycles. The van der Waals surface area contributed by atoms with Gasteiger partial charge in [-0.05, 0) is 24.3 Å². The highest BCUT2D eigenvalue weighted by Crippen LogP contribution is 2.27. The molecule has 0 fully saturated rings. The fraction of sp³-hybridized carbons (Fsp3) is 0.0323. The molecule has 0 saturated heterocycles. The summed E-state index contributed by atoms with van der Waals surface area (Å²) in [5, 5.41) is 1.09. The van der Waals surface area contributed by atoms with E-state index in [1.165, 1.54) is 12.1 Å². The molecule has 5 nitrogen and oxygen atoms in total. The Morgan fingerprint density at radius 2 is 1.08 bits per heavy atom. The molecule has 0 aliphatic carbocycles. The van der Waals surface area contributed by atoms with E-state index in [-0.39, 0.29) is 10.9 Å². The predicted octanol–water partition coefficient (Wildman–Crippen LogP) is 6.93. The van der Waals surface area contributed by atoms with Gasteiger partial charge in [0.15, 0.2) is 10.9 Å². The van der Waals surface area contributed by atoms with Crippen molar-refractivity contribution in [3.05, 3.63) is 136 Å². The van der Waals surface area contributed by atoms with Gasteiger partial charge >= 0.3 is 0 Å². The molecular formula is C31H22O5. The molecule has 0 atom stereocenters. The molecule has 2 heterocycles. The van der Waals surface area contributed by atoms with Crippen LogP contribution in [0.5, 0.6) is 5.75 Å². The molecule has 0 radical (unpaired) electrons. The average molecular weight is 475 g/mol. The Hall–Kier alpha value is -4.90. The van der Waals surface area contributed by atoms with Gasteiger partial charge in [0.2, 0.25) is 0 Å². The highest BCUT2D eigenvalue weighted by Gasteiger charge is 2.10. The van der Waals surface area contributed by atoms with E-state index in [4.69, 9.17) is 13.6 Å². The Morgan fingerprint density at radius 1 is 0.556 bits per heavy atom. The van der Waals surface area contributed by atoms with Crippen LogP contribution < -0.4 is 15.6 Å². The molecule has 6 rings (SSSR count). The summed E-state index contributed by atoms with van der Waals surface area (Å²) in [4.78, 5) is 24.1. The van der Waals surface area contributed by atoms with Gasteiger partial charge in [0.05, 0.1) is 12.5 Å². The molecule has 5 heteroatoms. The van der Waals surface area contributed by atoms with E-state index in [1.54, 1.807) is 31.4 Å². The minimum Gasteiger partial charge on any atom is -0.496 e. The summed E-state index contributed by atoms with van der Waals surface area (Å²) in [7, 11) is 1.54. The van der Waals surface area contributed by atoms with Crippen LogP contribution in [0.4, 0.5) is 0 Å². The lowest BCUT2D eigenvalue weighted by molar-refractivity contribution is 0.419. The van der Waals surface area contributed by atoms with Crippen LogP contribution in [0, 0.1) is 0 Å². The van der Waals surface area contributed by atoms with Crippen molar-refractivity contribution in [1.82, 2.24) is 0 Å². The second-order valence-corrected chi connectivity index (χ2v) is 8.01. The zero-order valence-electron chi connectivity index (χ0n) is 19.5. The third kappa shape index (κ3) is 4.68. The maximum absolute atomic E-state index is 12.2. The Bertz CT molecular complexity index is 1750. The molecule has 0 spiro atoms. The fourth-order valence-corrected chi connectivity index (χ4v) is 3.94. The van der Waals surface area contributed by atoms with Crippen molar-refractivity contribution >= 4 is 21.9 Å². The van der Waals surface area contributed by atoms with Crippen LogP contribution in [0.25, 0.3) is 44.6 Å². The topological polar surface area (TPSA) is 69.7 Å². The van der Waals surface area contributed by atoms with Gasteiger partial charge in [0.1, 0.15) is 33.8 Å². The standard InChI is InChI=1S/C16H12O3.C15H10O2/c1-18-13-8-5-9-14-16(13)12(17)10-15(19-14)11-6-3-2-4-7-11;16-13-10-15(11-6-2-1-3-7-11)17-14-9-5-4-8-12(13)14/h2-10H,1H3;1-10H. The van der Waals surface area contributed by atoms with Gasteiger partial charge in [0.25, 0.3) is 0 Å². The normalized spacial score (nSPS) is 10.6. The Labute approximate surface area is 206 Å². The van der Waals surface area contributed by atoms with E-state index < -0.39 is 0 Å². The van der Waals surface area contributed by atoms with Crippen molar-refractivity contribution < 1.29 is 13.6 Å². The van der Waals surface area contributed by atoms with Crippen LogP contribution in [0.1, 0.15) is 0 Å². The molecule has 2 aromatic heterocycles. The van der Waals surface area contributed by atoms with Gasteiger partial charge in [-0.2, -0.15) is 0 Å². The number of benzene rings is 4. The summed E-state index contributed by atoms with van der Waals surface area (Å²) in [6.45, 7) is 0. The van der Waals surface area contributed by atoms with Crippen molar-refractivity contribution in [2.45, 2.75) is 0 Å². The minimum absolute atomic E-state index is 0.00861. The smallest absolute Gasteiger partial charge is 0.197 e. The van der Waals surface area contributed by atoms with E-state index in [2.05, 4.69) is 0 Å². The van der Waals surface area contributed by atoms with Crippen LogP contribution in [-0.2, 0) is 0 Å². The van der Waals surface area contributed by atoms with Crippen LogP contribution in [0.15, 0.2) is 134 Å². The zero-order valence-corrected chi connectivity index (χ0v) is 19.5. The Morgan fingerprint density at radius 3 is 1.72 bits per heavy atom. The second kappa shape index (κ2) is 10.2.